The van der Waals surface area contributed by atoms with Crippen LogP contribution in [0.5, 0.6) is 0 Å². The van der Waals surface area contributed by atoms with Gasteiger partial charge in [-0.05, 0) is 33.6 Å². The van der Waals surface area contributed by atoms with E-state index in [2.05, 4.69) is 10.8 Å². The summed E-state index contributed by atoms with van der Waals surface area (Å²) in [6, 6.07) is 1.97. The molecule has 1 saturated carbocycles. The van der Waals surface area contributed by atoms with Gasteiger partial charge in [-0.2, -0.15) is 5.26 Å². The number of hydrogen-bond donors (Lipinski definition) is 1. The largest absolute Gasteiger partial charge is 0.216 e. The molecule has 1 fully saturated rings. The Morgan fingerprint density at radius 2 is 1.93 bits per heavy atom. The van der Waals surface area contributed by atoms with Crippen LogP contribution >= 0.6 is 0 Å². The molecule has 0 aliphatic heterocycles. The highest BCUT2D eigenvalue weighted by Gasteiger charge is 2.36. The van der Waals surface area contributed by atoms with Crippen molar-refractivity contribution in [3.63, 3.8) is 0 Å². The zero-order valence-corrected chi connectivity index (χ0v) is 10.3. The van der Waals surface area contributed by atoms with Crippen molar-refractivity contribution in [1.82, 2.24) is 4.72 Å². The Morgan fingerprint density at radius 1 is 1.33 bits per heavy atom. The highest BCUT2D eigenvalue weighted by Crippen LogP contribution is 2.27. The van der Waals surface area contributed by atoms with Crippen LogP contribution in [0.25, 0.3) is 0 Å². The Labute approximate surface area is 91.7 Å². The highest BCUT2D eigenvalue weighted by atomic mass is 32.2. The summed E-state index contributed by atoms with van der Waals surface area (Å²) >= 11 is 0. The number of nitrogens with zero attached hydrogens (tertiary/aromatic N) is 1. The number of nitrogens with one attached hydrogen (secondary N) is 1. The van der Waals surface area contributed by atoms with Crippen LogP contribution in [0, 0.1) is 17.2 Å². The van der Waals surface area contributed by atoms with Gasteiger partial charge in [-0.25, -0.2) is 13.1 Å². The fraction of sp³-hybridized carbons (Fsp3) is 0.900. The van der Waals surface area contributed by atoms with Crippen molar-refractivity contribution in [2.45, 2.75) is 50.8 Å². The lowest BCUT2D eigenvalue weighted by atomic mass is 10.1. The highest BCUT2D eigenvalue weighted by molar-refractivity contribution is 7.90. The van der Waals surface area contributed by atoms with E-state index in [9.17, 15) is 8.42 Å². The monoisotopic (exact) mass is 230 g/mol. The number of sulfonamides is 1. The molecule has 1 rings (SSSR count). The molecule has 0 aromatic rings. The van der Waals surface area contributed by atoms with E-state index in [0.29, 0.717) is 0 Å². The van der Waals surface area contributed by atoms with E-state index in [1.54, 1.807) is 20.8 Å². The lowest BCUT2D eigenvalue weighted by Gasteiger charge is -2.24. The number of nitriles is 1. The van der Waals surface area contributed by atoms with Gasteiger partial charge >= 0.3 is 0 Å². The van der Waals surface area contributed by atoms with E-state index in [1.165, 1.54) is 0 Å². The lowest BCUT2D eigenvalue weighted by molar-refractivity contribution is 0.494. The van der Waals surface area contributed by atoms with Gasteiger partial charge in [-0.3, -0.25) is 0 Å². The summed E-state index contributed by atoms with van der Waals surface area (Å²) in [6.07, 6.45) is 2.50. The fourth-order valence-electron chi connectivity index (χ4n) is 1.63. The van der Waals surface area contributed by atoms with Gasteiger partial charge in [0.05, 0.1) is 16.7 Å². The first kappa shape index (κ1) is 12.5. The lowest BCUT2D eigenvalue weighted by Crippen LogP contribution is -2.45. The third kappa shape index (κ3) is 2.70. The molecule has 1 aliphatic rings. The smallest absolute Gasteiger partial charge is 0.212 e. The van der Waals surface area contributed by atoms with Gasteiger partial charge < -0.3 is 0 Å². The Balaban J connectivity index is 2.75. The van der Waals surface area contributed by atoms with E-state index < -0.39 is 14.8 Å². The minimum Gasteiger partial charge on any atom is -0.212 e. The van der Waals surface area contributed by atoms with Gasteiger partial charge in [0.25, 0.3) is 0 Å². The van der Waals surface area contributed by atoms with Crippen LogP contribution in [0.1, 0.15) is 40.0 Å². The maximum atomic E-state index is 11.8. The molecule has 2 unspecified atom stereocenters. The summed E-state index contributed by atoms with van der Waals surface area (Å²) in [4.78, 5) is 0. The second kappa shape index (κ2) is 4.11. The Morgan fingerprint density at radius 3 is 2.40 bits per heavy atom. The van der Waals surface area contributed by atoms with Crippen LogP contribution in [0.15, 0.2) is 0 Å². The Kier molecular flexibility index (Phi) is 3.41. The predicted octanol–water partition coefficient (Wildman–Crippen LogP) is 1.40. The van der Waals surface area contributed by atoms with Crippen molar-refractivity contribution in [2.75, 3.05) is 0 Å². The van der Waals surface area contributed by atoms with Crippen LogP contribution in [0.4, 0.5) is 0 Å². The maximum Gasteiger partial charge on any atom is 0.216 e. The van der Waals surface area contributed by atoms with Crippen molar-refractivity contribution in [2.24, 2.45) is 5.92 Å². The molecule has 2 atom stereocenters. The maximum absolute atomic E-state index is 11.8. The van der Waals surface area contributed by atoms with Crippen molar-refractivity contribution in [3.8, 4) is 6.07 Å². The fourth-order valence-corrected chi connectivity index (χ4v) is 2.67. The quantitative estimate of drug-likeness (QED) is 0.779. The predicted molar refractivity (Wildman–Crippen MR) is 58.6 cm³/mol. The SMILES string of the molecule is CC(C)(C)S(=O)(=O)NC1CCCC1C#N. The minimum absolute atomic E-state index is 0.165. The molecule has 0 amide bonds. The molecule has 0 saturated heterocycles. The van der Waals surface area contributed by atoms with Gasteiger partial charge in [0.15, 0.2) is 0 Å². The zero-order chi connectivity index (χ0) is 11.7. The molecule has 86 valence electrons. The van der Waals surface area contributed by atoms with Crippen molar-refractivity contribution < 1.29 is 8.42 Å². The first-order chi connectivity index (χ1) is 6.78. The topological polar surface area (TPSA) is 70.0 Å². The summed E-state index contributed by atoms with van der Waals surface area (Å²) < 4.78 is 25.5. The summed E-state index contributed by atoms with van der Waals surface area (Å²) in [5.74, 6) is -0.165. The van der Waals surface area contributed by atoms with Gasteiger partial charge in [0.1, 0.15) is 0 Å². The van der Waals surface area contributed by atoms with Crippen LogP contribution in [0.2, 0.25) is 0 Å². The standard InChI is InChI=1S/C10H18N2O2S/c1-10(2,3)15(13,14)12-9-6-4-5-8(9)7-11/h8-9,12H,4-6H2,1-3H3. The van der Waals surface area contributed by atoms with E-state index >= 15 is 0 Å². The minimum atomic E-state index is -3.33. The summed E-state index contributed by atoms with van der Waals surface area (Å²) in [6.45, 7) is 4.98. The molecule has 15 heavy (non-hydrogen) atoms. The summed E-state index contributed by atoms with van der Waals surface area (Å²) in [5.41, 5.74) is 0. The van der Waals surface area contributed by atoms with Gasteiger partial charge in [-0.1, -0.05) is 6.42 Å². The van der Waals surface area contributed by atoms with E-state index in [0.717, 1.165) is 19.3 Å². The molecule has 5 heteroatoms. The van der Waals surface area contributed by atoms with Gasteiger partial charge in [-0.15, -0.1) is 0 Å². The van der Waals surface area contributed by atoms with Crippen LogP contribution in [-0.4, -0.2) is 19.2 Å². The van der Waals surface area contributed by atoms with Crippen LogP contribution in [-0.2, 0) is 10.0 Å². The molecule has 0 aromatic carbocycles. The molecule has 0 heterocycles. The van der Waals surface area contributed by atoms with Crippen molar-refractivity contribution in [1.29, 1.82) is 5.26 Å². The molecule has 0 radical (unpaired) electrons. The molecule has 0 aromatic heterocycles. The molecular formula is C10H18N2O2S. The average Bonchev–Trinajstić information content (AvgIpc) is 2.48. The Hall–Kier alpha value is -0.600. The van der Waals surface area contributed by atoms with Gasteiger partial charge in [0.2, 0.25) is 10.0 Å². The van der Waals surface area contributed by atoms with Crippen molar-refractivity contribution >= 4 is 10.0 Å². The third-order valence-corrected chi connectivity index (χ3v) is 5.02. The molecule has 0 spiro atoms. The molecule has 1 aliphatic carbocycles. The third-order valence-electron chi connectivity index (χ3n) is 2.79. The number of hydrogen-bond acceptors (Lipinski definition) is 3. The van der Waals surface area contributed by atoms with Crippen molar-refractivity contribution in [3.05, 3.63) is 0 Å². The Bertz CT molecular complexity index is 362. The zero-order valence-electron chi connectivity index (χ0n) is 9.45. The molecular weight excluding hydrogens is 212 g/mol. The van der Waals surface area contributed by atoms with Crippen LogP contribution in [0.3, 0.4) is 0 Å². The second-order valence-electron chi connectivity index (χ2n) is 5.01. The second-order valence-corrected chi connectivity index (χ2v) is 7.47. The first-order valence-electron chi connectivity index (χ1n) is 5.19. The summed E-state index contributed by atoms with van der Waals surface area (Å²) in [5, 5.41) is 8.85. The van der Waals surface area contributed by atoms with E-state index in [4.69, 9.17) is 5.26 Å². The van der Waals surface area contributed by atoms with E-state index in [-0.39, 0.29) is 12.0 Å². The molecule has 4 nitrogen and oxygen atoms in total. The molecule has 0 bridgehead atoms. The molecule has 1 N–H and O–H groups in total. The van der Waals surface area contributed by atoms with Gasteiger partial charge in [0, 0.05) is 6.04 Å². The normalized spacial score (nSPS) is 27.6. The average molecular weight is 230 g/mol. The first-order valence-corrected chi connectivity index (χ1v) is 6.68. The summed E-state index contributed by atoms with van der Waals surface area (Å²) in [7, 11) is -3.33. The number of rotatable bonds is 2. The van der Waals surface area contributed by atoms with Crippen LogP contribution < -0.4 is 4.72 Å². The van der Waals surface area contributed by atoms with E-state index in [1.807, 2.05) is 0 Å².